The van der Waals surface area contributed by atoms with Crippen LogP contribution in [0.4, 0.5) is 0 Å². The lowest BCUT2D eigenvalue weighted by molar-refractivity contribution is -0.0435. The van der Waals surface area contributed by atoms with E-state index in [4.69, 9.17) is 0 Å². The van der Waals surface area contributed by atoms with E-state index in [9.17, 15) is 5.11 Å². The van der Waals surface area contributed by atoms with Crippen molar-refractivity contribution in [2.24, 2.45) is 5.41 Å². The molecule has 2 fully saturated rings. The van der Waals surface area contributed by atoms with Crippen molar-refractivity contribution in [3.8, 4) is 0 Å². The number of hydrogen-bond donors (Lipinski definition) is 1. The van der Waals surface area contributed by atoms with Crippen LogP contribution in [0.2, 0.25) is 0 Å². The van der Waals surface area contributed by atoms with Gasteiger partial charge in [0.05, 0.1) is 6.10 Å². The lowest BCUT2D eigenvalue weighted by Crippen LogP contribution is -2.60. The summed E-state index contributed by atoms with van der Waals surface area (Å²) in [6, 6.07) is 0.334. The van der Waals surface area contributed by atoms with Gasteiger partial charge < -0.3 is 10.0 Å². The fourth-order valence-electron chi connectivity index (χ4n) is 3.90. The highest BCUT2D eigenvalue weighted by Crippen LogP contribution is 2.40. The van der Waals surface area contributed by atoms with Crippen LogP contribution >= 0.6 is 0 Å². The molecule has 3 nitrogen and oxygen atoms in total. The molecule has 0 aromatic heterocycles. The molecule has 19 heavy (non-hydrogen) atoms. The Bertz CT molecular complexity index is 310. The van der Waals surface area contributed by atoms with E-state index in [0.717, 1.165) is 25.8 Å². The molecule has 0 aromatic rings. The normalized spacial score (nSPS) is 33.5. The second kappa shape index (κ2) is 5.34. The summed E-state index contributed by atoms with van der Waals surface area (Å²) in [6.45, 7) is 5.77. The molecule has 0 amide bonds. The summed E-state index contributed by atoms with van der Waals surface area (Å²) in [6.07, 6.45) is 7.04. The van der Waals surface area contributed by atoms with Crippen molar-refractivity contribution in [1.82, 2.24) is 9.80 Å². The van der Waals surface area contributed by atoms with Gasteiger partial charge in [-0.15, -0.1) is 0 Å². The third kappa shape index (κ3) is 3.14. The molecule has 2 saturated carbocycles. The summed E-state index contributed by atoms with van der Waals surface area (Å²) in [5.41, 5.74) is 0.735. The van der Waals surface area contributed by atoms with E-state index >= 15 is 0 Å². The predicted molar refractivity (Wildman–Crippen MR) is 80.3 cm³/mol. The maximum atomic E-state index is 10.3. The third-order valence-corrected chi connectivity index (χ3v) is 5.67. The summed E-state index contributed by atoms with van der Waals surface area (Å²) >= 11 is 0. The molecule has 2 aliphatic carbocycles. The lowest BCUT2D eigenvalue weighted by Gasteiger charge is -2.52. The van der Waals surface area contributed by atoms with E-state index in [-0.39, 0.29) is 6.10 Å². The fraction of sp³-hybridized carbons (Fsp3) is 1.00. The molecular weight excluding hydrogens is 236 g/mol. The number of likely N-dealkylation sites (N-methyl/N-ethyl adjacent to an activating group) is 2. The van der Waals surface area contributed by atoms with E-state index in [2.05, 4.69) is 44.8 Å². The molecule has 0 spiro atoms. The van der Waals surface area contributed by atoms with Crippen molar-refractivity contribution in [3.05, 3.63) is 0 Å². The molecule has 0 saturated heterocycles. The first kappa shape index (κ1) is 15.3. The quantitative estimate of drug-likeness (QED) is 0.848. The smallest absolute Gasteiger partial charge is 0.0695 e. The minimum absolute atomic E-state index is 0.141. The maximum Gasteiger partial charge on any atom is 0.0695 e. The molecule has 0 bridgehead atoms. The van der Waals surface area contributed by atoms with E-state index in [1.54, 1.807) is 0 Å². The SMILES string of the molecule is CN(CC1(N(C)C)CCC1)C1CC(C)(C)CCC1O. The average molecular weight is 268 g/mol. The highest BCUT2D eigenvalue weighted by molar-refractivity contribution is 5.00. The maximum absolute atomic E-state index is 10.3. The van der Waals surface area contributed by atoms with Gasteiger partial charge >= 0.3 is 0 Å². The van der Waals surface area contributed by atoms with Crippen LogP contribution in [0, 0.1) is 5.41 Å². The van der Waals surface area contributed by atoms with Crippen LogP contribution in [-0.4, -0.2) is 60.3 Å². The summed E-state index contributed by atoms with van der Waals surface area (Å²) in [5.74, 6) is 0. The molecule has 0 aliphatic heterocycles. The Kier molecular flexibility index (Phi) is 4.29. The Morgan fingerprint density at radius 2 is 1.74 bits per heavy atom. The first-order valence-corrected chi connectivity index (χ1v) is 7.82. The van der Waals surface area contributed by atoms with Crippen LogP contribution in [-0.2, 0) is 0 Å². The van der Waals surface area contributed by atoms with Gasteiger partial charge in [0, 0.05) is 18.1 Å². The Morgan fingerprint density at radius 3 is 2.21 bits per heavy atom. The van der Waals surface area contributed by atoms with Crippen molar-refractivity contribution >= 4 is 0 Å². The van der Waals surface area contributed by atoms with Gasteiger partial charge in [-0.25, -0.2) is 0 Å². The molecule has 112 valence electrons. The summed E-state index contributed by atoms with van der Waals surface area (Å²) in [7, 11) is 6.61. The zero-order valence-corrected chi connectivity index (χ0v) is 13.4. The van der Waals surface area contributed by atoms with E-state index < -0.39 is 0 Å². The Balaban J connectivity index is 2.00. The van der Waals surface area contributed by atoms with Crippen molar-refractivity contribution in [1.29, 1.82) is 0 Å². The summed E-state index contributed by atoms with van der Waals surface area (Å²) < 4.78 is 0. The standard InChI is InChI=1S/C16H32N2O/c1-15(2)10-7-14(19)13(11-15)18(5)12-16(17(3)4)8-6-9-16/h13-14,19H,6-12H2,1-5H3. The fourth-order valence-corrected chi connectivity index (χ4v) is 3.90. The van der Waals surface area contributed by atoms with E-state index in [1.165, 1.54) is 19.3 Å². The molecule has 2 aliphatic rings. The molecule has 1 N–H and O–H groups in total. The minimum Gasteiger partial charge on any atom is -0.391 e. The van der Waals surface area contributed by atoms with Gasteiger partial charge in [-0.05, 0) is 65.1 Å². The molecule has 2 atom stereocenters. The largest absolute Gasteiger partial charge is 0.391 e. The van der Waals surface area contributed by atoms with Crippen LogP contribution < -0.4 is 0 Å². The molecule has 3 heteroatoms. The van der Waals surface area contributed by atoms with Crippen molar-refractivity contribution in [3.63, 3.8) is 0 Å². The molecule has 2 rings (SSSR count). The average Bonchev–Trinajstić information content (AvgIpc) is 2.26. The Labute approximate surface area is 119 Å². The number of nitrogens with zero attached hydrogens (tertiary/aromatic N) is 2. The first-order valence-electron chi connectivity index (χ1n) is 7.82. The topological polar surface area (TPSA) is 26.7 Å². The molecule has 0 radical (unpaired) electrons. The van der Waals surface area contributed by atoms with Gasteiger partial charge in [-0.2, -0.15) is 0 Å². The van der Waals surface area contributed by atoms with Crippen molar-refractivity contribution in [2.75, 3.05) is 27.7 Å². The van der Waals surface area contributed by atoms with Crippen molar-refractivity contribution < 1.29 is 5.11 Å². The molecule has 2 unspecified atom stereocenters. The predicted octanol–water partition coefficient (Wildman–Crippen LogP) is 2.34. The second-order valence-electron chi connectivity index (χ2n) is 7.93. The zero-order chi connectivity index (χ0) is 14.3. The van der Waals surface area contributed by atoms with Gasteiger partial charge in [0.1, 0.15) is 0 Å². The van der Waals surface area contributed by atoms with Crippen LogP contribution in [0.1, 0.15) is 52.4 Å². The summed E-state index contributed by atoms with van der Waals surface area (Å²) in [5, 5.41) is 10.3. The van der Waals surface area contributed by atoms with Gasteiger partial charge in [0.25, 0.3) is 0 Å². The van der Waals surface area contributed by atoms with E-state index in [1.807, 2.05) is 0 Å². The van der Waals surface area contributed by atoms with Gasteiger partial charge in [-0.1, -0.05) is 13.8 Å². The van der Waals surface area contributed by atoms with Crippen LogP contribution in [0.25, 0.3) is 0 Å². The number of hydrogen-bond acceptors (Lipinski definition) is 3. The number of aliphatic hydroxyl groups excluding tert-OH is 1. The third-order valence-electron chi connectivity index (χ3n) is 5.67. The minimum atomic E-state index is -0.141. The molecule has 0 heterocycles. The van der Waals surface area contributed by atoms with Gasteiger partial charge in [0.2, 0.25) is 0 Å². The number of rotatable bonds is 4. The monoisotopic (exact) mass is 268 g/mol. The first-order chi connectivity index (χ1) is 8.76. The Hall–Kier alpha value is -0.120. The second-order valence-corrected chi connectivity index (χ2v) is 7.93. The van der Waals surface area contributed by atoms with Crippen LogP contribution in [0.5, 0.6) is 0 Å². The molecule has 0 aromatic carbocycles. The highest BCUT2D eigenvalue weighted by atomic mass is 16.3. The molecular formula is C16H32N2O. The van der Waals surface area contributed by atoms with Gasteiger partial charge in [0.15, 0.2) is 0 Å². The van der Waals surface area contributed by atoms with Crippen LogP contribution in [0.3, 0.4) is 0 Å². The van der Waals surface area contributed by atoms with E-state index in [0.29, 0.717) is 17.0 Å². The lowest BCUT2D eigenvalue weighted by atomic mass is 9.71. The van der Waals surface area contributed by atoms with Gasteiger partial charge in [-0.3, -0.25) is 4.90 Å². The zero-order valence-electron chi connectivity index (χ0n) is 13.4. The number of aliphatic hydroxyl groups is 1. The highest BCUT2D eigenvalue weighted by Gasteiger charge is 2.43. The Morgan fingerprint density at radius 1 is 1.11 bits per heavy atom. The van der Waals surface area contributed by atoms with Crippen molar-refractivity contribution in [2.45, 2.75) is 70.1 Å². The van der Waals surface area contributed by atoms with Crippen LogP contribution in [0.15, 0.2) is 0 Å². The summed E-state index contributed by atoms with van der Waals surface area (Å²) in [4.78, 5) is 4.83.